The third-order valence-electron chi connectivity index (χ3n) is 3.25. The van der Waals surface area contributed by atoms with Crippen LogP contribution in [0.25, 0.3) is 11.3 Å². The molecule has 0 fully saturated rings. The zero-order valence-corrected chi connectivity index (χ0v) is 12.3. The minimum Gasteiger partial charge on any atom is -0.461 e. The van der Waals surface area contributed by atoms with Gasteiger partial charge in [0.15, 0.2) is 0 Å². The molecule has 0 saturated carbocycles. The van der Waals surface area contributed by atoms with E-state index in [1.54, 1.807) is 6.07 Å². The zero-order valence-electron chi connectivity index (χ0n) is 12.3. The van der Waals surface area contributed by atoms with E-state index in [0.717, 1.165) is 30.7 Å². The summed E-state index contributed by atoms with van der Waals surface area (Å²) in [5.74, 6) is 1.55. The molecule has 1 unspecified atom stereocenters. The van der Waals surface area contributed by atoms with E-state index in [9.17, 15) is 10.1 Å². The van der Waals surface area contributed by atoms with Gasteiger partial charge in [-0.15, -0.1) is 0 Å². The van der Waals surface area contributed by atoms with Crippen molar-refractivity contribution in [1.82, 2.24) is 5.32 Å². The summed E-state index contributed by atoms with van der Waals surface area (Å²) < 4.78 is 5.79. The molecule has 1 N–H and O–H groups in total. The molecule has 0 spiro atoms. The van der Waals surface area contributed by atoms with Gasteiger partial charge in [0.2, 0.25) is 0 Å². The lowest BCUT2D eigenvalue weighted by atomic mass is 10.1. The number of nitro benzene ring substituents is 1. The highest BCUT2D eigenvalue weighted by Crippen LogP contribution is 2.26. The molecule has 1 heterocycles. The van der Waals surface area contributed by atoms with Crippen LogP contribution in [-0.2, 0) is 6.42 Å². The quantitative estimate of drug-likeness (QED) is 0.621. The fourth-order valence-electron chi connectivity index (χ4n) is 2.18. The van der Waals surface area contributed by atoms with Gasteiger partial charge in [-0.2, -0.15) is 0 Å². The van der Waals surface area contributed by atoms with E-state index in [-0.39, 0.29) is 5.69 Å². The minimum absolute atomic E-state index is 0.0726. The molecule has 112 valence electrons. The number of hydrogen-bond acceptors (Lipinski definition) is 4. The summed E-state index contributed by atoms with van der Waals surface area (Å²) in [4.78, 5) is 10.4. The van der Waals surface area contributed by atoms with Gasteiger partial charge in [0.1, 0.15) is 11.5 Å². The van der Waals surface area contributed by atoms with E-state index in [4.69, 9.17) is 4.42 Å². The first kappa shape index (κ1) is 15.3. The van der Waals surface area contributed by atoms with E-state index in [1.807, 2.05) is 18.2 Å². The van der Waals surface area contributed by atoms with Crippen molar-refractivity contribution in [2.75, 3.05) is 6.54 Å². The monoisotopic (exact) mass is 288 g/mol. The largest absolute Gasteiger partial charge is 0.461 e. The van der Waals surface area contributed by atoms with Gasteiger partial charge in [0.05, 0.1) is 4.92 Å². The summed E-state index contributed by atoms with van der Waals surface area (Å²) in [5, 5.41) is 14.2. The van der Waals surface area contributed by atoms with E-state index in [1.165, 1.54) is 12.1 Å². The predicted molar refractivity (Wildman–Crippen MR) is 82.3 cm³/mol. The van der Waals surface area contributed by atoms with Crippen LogP contribution in [0.2, 0.25) is 0 Å². The standard InChI is InChI=1S/C16H20N2O3/c1-3-9-17-12(2)10-15-7-8-16(21-15)13-5-4-6-14(11-13)18(19)20/h4-8,11-12,17H,3,9-10H2,1-2H3. The highest BCUT2D eigenvalue weighted by atomic mass is 16.6. The Balaban J connectivity index is 2.09. The molecule has 0 saturated heterocycles. The van der Waals surface area contributed by atoms with E-state index in [0.29, 0.717) is 11.8 Å². The van der Waals surface area contributed by atoms with Crippen LogP contribution in [-0.4, -0.2) is 17.5 Å². The first-order valence-electron chi connectivity index (χ1n) is 7.17. The highest BCUT2D eigenvalue weighted by Gasteiger charge is 2.11. The number of nitrogens with zero attached hydrogens (tertiary/aromatic N) is 1. The molecule has 0 radical (unpaired) electrons. The zero-order chi connectivity index (χ0) is 15.2. The average Bonchev–Trinajstić information content (AvgIpc) is 2.93. The van der Waals surface area contributed by atoms with Crippen LogP contribution in [0.5, 0.6) is 0 Å². The lowest BCUT2D eigenvalue weighted by molar-refractivity contribution is -0.384. The molecule has 5 nitrogen and oxygen atoms in total. The van der Waals surface area contributed by atoms with E-state index < -0.39 is 4.92 Å². The van der Waals surface area contributed by atoms with Gasteiger partial charge in [0.25, 0.3) is 5.69 Å². The lowest BCUT2D eigenvalue weighted by Crippen LogP contribution is -2.28. The topological polar surface area (TPSA) is 68.3 Å². The van der Waals surface area contributed by atoms with Crippen molar-refractivity contribution in [1.29, 1.82) is 0 Å². The number of nitrogens with one attached hydrogen (secondary N) is 1. The van der Waals surface area contributed by atoms with Gasteiger partial charge >= 0.3 is 0 Å². The molecule has 0 aliphatic rings. The summed E-state index contributed by atoms with van der Waals surface area (Å²) in [6, 6.07) is 10.6. The van der Waals surface area contributed by atoms with Gasteiger partial charge in [-0.1, -0.05) is 19.1 Å². The van der Waals surface area contributed by atoms with Crippen LogP contribution in [0, 0.1) is 10.1 Å². The Hall–Kier alpha value is -2.14. The number of non-ortho nitro benzene ring substituents is 1. The summed E-state index contributed by atoms with van der Waals surface area (Å²) >= 11 is 0. The van der Waals surface area contributed by atoms with Crippen LogP contribution in [0.15, 0.2) is 40.8 Å². The van der Waals surface area contributed by atoms with Crippen LogP contribution >= 0.6 is 0 Å². The fraction of sp³-hybridized carbons (Fsp3) is 0.375. The van der Waals surface area contributed by atoms with E-state index >= 15 is 0 Å². The van der Waals surface area contributed by atoms with Crippen molar-refractivity contribution >= 4 is 5.69 Å². The van der Waals surface area contributed by atoms with Crippen LogP contribution in [0.1, 0.15) is 26.0 Å². The smallest absolute Gasteiger partial charge is 0.270 e. The van der Waals surface area contributed by atoms with Gasteiger partial charge in [0, 0.05) is 30.2 Å². The molecule has 5 heteroatoms. The Morgan fingerprint density at radius 1 is 1.33 bits per heavy atom. The molecule has 1 atom stereocenters. The first-order valence-corrected chi connectivity index (χ1v) is 7.17. The summed E-state index contributed by atoms with van der Waals surface area (Å²) in [6.45, 7) is 5.23. The SMILES string of the molecule is CCCNC(C)Cc1ccc(-c2cccc([N+](=O)[O-])c2)o1. The molecule has 0 amide bonds. The summed E-state index contributed by atoms with van der Waals surface area (Å²) in [5.41, 5.74) is 0.799. The maximum Gasteiger partial charge on any atom is 0.270 e. The lowest BCUT2D eigenvalue weighted by Gasteiger charge is -2.10. The third kappa shape index (κ3) is 4.16. The summed E-state index contributed by atoms with van der Waals surface area (Å²) in [6.07, 6.45) is 1.90. The fourth-order valence-corrected chi connectivity index (χ4v) is 2.18. The predicted octanol–water partition coefficient (Wildman–Crippen LogP) is 3.79. The van der Waals surface area contributed by atoms with Gasteiger partial charge in [-0.25, -0.2) is 0 Å². The molecule has 21 heavy (non-hydrogen) atoms. The van der Waals surface area contributed by atoms with Crippen molar-refractivity contribution in [2.45, 2.75) is 32.7 Å². The van der Waals surface area contributed by atoms with Crippen LogP contribution < -0.4 is 5.32 Å². The molecule has 2 rings (SSSR count). The highest BCUT2D eigenvalue weighted by molar-refractivity contribution is 5.61. The Labute approximate surface area is 124 Å². The molecule has 2 aromatic rings. The number of rotatable bonds is 7. The van der Waals surface area contributed by atoms with Gasteiger partial charge in [-0.05, 0) is 32.0 Å². The van der Waals surface area contributed by atoms with Crippen LogP contribution in [0.4, 0.5) is 5.69 Å². The maximum atomic E-state index is 10.8. The second-order valence-corrected chi connectivity index (χ2v) is 5.13. The minimum atomic E-state index is -0.399. The number of furan rings is 1. The Morgan fingerprint density at radius 2 is 2.14 bits per heavy atom. The number of nitro groups is 1. The van der Waals surface area contributed by atoms with Crippen molar-refractivity contribution in [3.05, 3.63) is 52.3 Å². The van der Waals surface area contributed by atoms with Crippen molar-refractivity contribution in [3.8, 4) is 11.3 Å². The molecule has 0 bridgehead atoms. The average molecular weight is 288 g/mol. The number of hydrogen-bond donors (Lipinski definition) is 1. The van der Waals surface area contributed by atoms with Crippen molar-refractivity contribution < 1.29 is 9.34 Å². The van der Waals surface area contributed by atoms with Crippen molar-refractivity contribution in [2.24, 2.45) is 0 Å². The van der Waals surface area contributed by atoms with Crippen molar-refractivity contribution in [3.63, 3.8) is 0 Å². The molecule has 1 aromatic heterocycles. The van der Waals surface area contributed by atoms with Gasteiger partial charge < -0.3 is 9.73 Å². The third-order valence-corrected chi connectivity index (χ3v) is 3.25. The molecule has 0 aliphatic carbocycles. The Morgan fingerprint density at radius 3 is 2.86 bits per heavy atom. The second-order valence-electron chi connectivity index (χ2n) is 5.13. The Bertz CT molecular complexity index is 607. The molecular formula is C16H20N2O3. The van der Waals surface area contributed by atoms with Gasteiger partial charge in [-0.3, -0.25) is 10.1 Å². The second kappa shape index (κ2) is 7.04. The number of benzene rings is 1. The summed E-state index contributed by atoms with van der Waals surface area (Å²) in [7, 11) is 0. The molecule has 1 aromatic carbocycles. The molecule has 0 aliphatic heterocycles. The maximum absolute atomic E-state index is 10.8. The molecular weight excluding hydrogens is 268 g/mol. The first-order chi connectivity index (χ1) is 10.1. The van der Waals surface area contributed by atoms with Crippen LogP contribution in [0.3, 0.4) is 0 Å². The van der Waals surface area contributed by atoms with E-state index in [2.05, 4.69) is 19.2 Å². The Kier molecular flexibility index (Phi) is 5.11. The normalized spacial score (nSPS) is 12.3.